The third-order valence-corrected chi connectivity index (χ3v) is 4.80. The molecule has 8 nitrogen and oxygen atoms in total. The third kappa shape index (κ3) is 4.64. The number of benzene rings is 1. The Morgan fingerprint density at radius 1 is 0.926 bits per heavy atom. The molecule has 0 unspecified atom stereocenters. The first-order chi connectivity index (χ1) is 12.8. The quantitative estimate of drug-likeness (QED) is 0.625. The fourth-order valence-corrected chi connectivity index (χ4v) is 3.18. The Labute approximate surface area is 156 Å². The molecule has 2 N–H and O–H groups in total. The van der Waals surface area contributed by atoms with Crippen molar-refractivity contribution in [2.75, 3.05) is 16.9 Å². The zero-order valence-electron chi connectivity index (χ0n) is 14.7. The number of pyridine rings is 1. The summed E-state index contributed by atoms with van der Waals surface area (Å²) in [6.07, 6.45) is 3.97. The number of nitrogens with zero attached hydrogens (tertiary/aromatic N) is 3. The summed E-state index contributed by atoms with van der Waals surface area (Å²) < 4.78 is 23.8. The van der Waals surface area contributed by atoms with Gasteiger partial charge in [0.15, 0.2) is 15.6 Å². The van der Waals surface area contributed by atoms with Crippen molar-refractivity contribution in [1.82, 2.24) is 15.0 Å². The number of aromatic nitrogens is 3. The van der Waals surface area contributed by atoms with E-state index in [1.165, 1.54) is 25.5 Å². The van der Waals surface area contributed by atoms with Crippen molar-refractivity contribution < 1.29 is 13.2 Å². The number of carbonyl (C=O) groups excluding carboxylic acids is 1. The molecule has 9 heteroatoms. The van der Waals surface area contributed by atoms with E-state index in [1.807, 2.05) is 0 Å². The topological polar surface area (TPSA) is 114 Å². The van der Waals surface area contributed by atoms with Crippen molar-refractivity contribution in [1.29, 1.82) is 0 Å². The van der Waals surface area contributed by atoms with Gasteiger partial charge in [0.05, 0.1) is 10.6 Å². The lowest BCUT2D eigenvalue weighted by Crippen LogP contribution is -2.04. The van der Waals surface area contributed by atoms with Crippen molar-refractivity contribution in [2.24, 2.45) is 0 Å². The Balaban J connectivity index is 1.81. The van der Waals surface area contributed by atoms with Gasteiger partial charge in [-0.25, -0.2) is 23.4 Å². The van der Waals surface area contributed by atoms with E-state index in [0.717, 1.165) is 6.26 Å². The average molecular weight is 383 g/mol. The minimum absolute atomic E-state index is 0.0629. The fraction of sp³-hybridized carbons (Fsp3) is 0.111. The fourth-order valence-electron chi connectivity index (χ4n) is 2.33. The summed E-state index contributed by atoms with van der Waals surface area (Å²) in [5, 5.41) is 6.00. The summed E-state index contributed by atoms with van der Waals surface area (Å²) in [4.78, 5) is 23.9. The standard InChI is InChI=1S/C18H17N5O3S/c1-12(24)13-7-8-16(19-10-13)23-18-9-17(20-11-21-18)22-14-5-3-4-6-15(14)27(2,25)26/h3-11H,1-2H3,(H2,19,20,21,22,23). The number of para-hydroxylation sites is 1. The van der Waals surface area contributed by atoms with E-state index in [1.54, 1.807) is 36.4 Å². The number of ketones is 1. The summed E-state index contributed by atoms with van der Waals surface area (Å²) in [7, 11) is -3.38. The number of rotatable bonds is 6. The van der Waals surface area contributed by atoms with E-state index in [9.17, 15) is 13.2 Å². The van der Waals surface area contributed by atoms with Crippen molar-refractivity contribution in [3.63, 3.8) is 0 Å². The van der Waals surface area contributed by atoms with Gasteiger partial charge in [0.1, 0.15) is 23.8 Å². The lowest BCUT2D eigenvalue weighted by Gasteiger charge is -2.11. The molecular formula is C18H17N5O3S. The summed E-state index contributed by atoms with van der Waals surface area (Å²) in [6, 6.07) is 11.5. The molecule has 27 heavy (non-hydrogen) atoms. The highest BCUT2D eigenvalue weighted by Gasteiger charge is 2.13. The van der Waals surface area contributed by atoms with Crippen LogP contribution in [0, 0.1) is 0 Å². The van der Waals surface area contributed by atoms with Crippen LogP contribution in [0.1, 0.15) is 17.3 Å². The molecular weight excluding hydrogens is 366 g/mol. The summed E-state index contributed by atoms with van der Waals surface area (Å²) >= 11 is 0. The minimum atomic E-state index is -3.38. The number of anilines is 4. The number of carbonyl (C=O) groups is 1. The van der Waals surface area contributed by atoms with Crippen LogP contribution in [-0.4, -0.2) is 35.4 Å². The number of sulfone groups is 1. The minimum Gasteiger partial charge on any atom is -0.339 e. The molecule has 0 fully saturated rings. The zero-order valence-corrected chi connectivity index (χ0v) is 15.5. The largest absolute Gasteiger partial charge is 0.339 e. The van der Waals surface area contributed by atoms with Gasteiger partial charge in [0, 0.05) is 24.1 Å². The Hall–Kier alpha value is -3.33. The van der Waals surface area contributed by atoms with E-state index in [-0.39, 0.29) is 10.7 Å². The molecule has 138 valence electrons. The Morgan fingerprint density at radius 3 is 2.26 bits per heavy atom. The maximum Gasteiger partial charge on any atom is 0.177 e. The molecule has 0 aliphatic heterocycles. The smallest absolute Gasteiger partial charge is 0.177 e. The van der Waals surface area contributed by atoms with Gasteiger partial charge in [-0.1, -0.05) is 12.1 Å². The number of nitrogens with one attached hydrogen (secondary N) is 2. The lowest BCUT2D eigenvalue weighted by atomic mass is 10.2. The van der Waals surface area contributed by atoms with Gasteiger partial charge < -0.3 is 10.6 Å². The predicted molar refractivity (Wildman–Crippen MR) is 102 cm³/mol. The molecule has 0 bridgehead atoms. The molecule has 0 saturated heterocycles. The summed E-state index contributed by atoms with van der Waals surface area (Å²) in [5.74, 6) is 1.34. The highest BCUT2D eigenvalue weighted by Crippen LogP contribution is 2.24. The van der Waals surface area contributed by atoms with Crippen LogP contribution < -0.4 is 10.6 Å². The molecule has 3 aromatic rings. The summed E-state index contributed by atoms with van der Waals surface area (Å²) in [5.41, 5.74) is 0.941. The molecule has 0 amide bonds. The highest BCUT2D eigenvalue weighted by atomic mass is 32.2. The molecule has 2 aromatic heterocycles. The Kier molecular flexibility index (Phi) is 5.13. The maximum absolute atomic E-state index is 11.9. The van der Waals surface area contributed by atoms with Gasteiger partial charge >= 0.3 is 0 Å². The van der Waals surface area contributed by atoms with Crippen LogP contribution in [0.15, 0.2) is 59.9 Å². The molecule has 0 aliphatic rings. The van der Waals surface area contributed by atoms with Crippen LogP contribution in [0.2, 0.25) is 0 Å². The number of hydrogen-bond acceptors (Lipinski definition) is 8. The van der Waals surface area contributed by atoms with Crippen molar-refractivity contribution >= 4 is 38.8 Å². The monoisotopic (exact) mass is 383 g/mol. The number of Topliss-reactive ketones (excluding diaryl/α,β-unsaturated/α-hetero) is 1. The van der Waals surface area contributed by atoms with Crippen LogP contribution >= 0.6 is 0 Å². The van der Waals surface area contributed by atoms with E-state index in [4.69, 9.17) is 0 Å². The second-order valence-corrected chi connectivity index (χ2v) is 7.78. The molecule has 0 spiro atoms. The maximum atomic E-state index is 11.9. The van der Waals surface area contributed by atoms with Crippen LogP contribution in [0.25, 0.3) is 0 Å². The first-order valence-corrected chi connectivity index (χ1v) is 9.84. The Morgan fingerprint density at radius 2 is 1.63 bits per heavy atom. The average Bonchev–Trinajstić information content (AvgIpc) is 2.62. The normalized spacial score (nSPS) is 11.0. The summed E-state index contributed by atoms with van der Waals surface area (Å²) in [6.45, 7) is 1.47. The zero-order chi connectivity index (χ0) is 19.4. The van der Waals surface area contributed by atoms with Gasteiger partial charge in [-0.15, -0.1) is 0 Å². The van der Waals surface area contributed by atoms with Crippen molar-refractivity contribution in [2.45, 2.75) is 11.8 Å². The Bertz CT molecular complexity index is 1080. The first-order valence-electron chi connectivity index (χ1n) is 7.95. The van der Waals surface area contributed by atoms with Gasteiger partial charge in [0.2, 0.25) is 0 Å². The van der Waals surface area contributed by atoms with Crippen LogP contribution in [0.4, 0.5) is 23.1 Å². The second-order valence-electron chi connectivity index (χ2n) is 5.80. The molecule has 0 saturated carbocycles. The van der Waals surface area contributed by atoms with Gasteiger partial charge in [0.25, 0.3) is 0 Å². The van der Waals surface area contributed by atoms with Crippen molar-refractivity contribution in [3.05, 3.63) is 60.6 Å². The second kappa shape index (κ2) is 7.50. The first kappa shape index (κ1) is 18.5. The molecule has 0 atom stereocenters. The SMILES string of the molecule is CC(=O)c1ccc(Nc2cc(Nc3ccccc3S(C)(=O)=O)ncn2)nc1. The molecule has 1 aromatic carbocycles. The van der Waals surface area contributed by atoms with E-state index >= 15 is 0 Å². The van der Waals surface area contributed by atoms with E-state index in [2.05, 4.69) is 25.6 Å². The van der Waals surface area contributed by atoms with Crippen molar-refractivity contribution in [3.8, 4) is 0 Å². The third-order valence-electron chi connectivity index (χ3n) is 3.64. The lowest BCUT2D eigenvalue weighted by molar-refractivity contribution is 0.101. The number of hydrogen-bond donors (Lipinski definition) is 2. The van der Waals surface area contributed by atoms with Gasteiger partial charge in [-0.2, -0.15) is 0 Å². The molecule has 0 aliphatic carbocycles. The van der Waals surface area contributed by atoms with Gasteiger partial charge in [-0.05, 0) is 31.2 Å². The van der Waals surface area contributed by atoms with Crippen LogP contribution in [0.3, 0.4) is 0 Å². The predicted octanol–water partition coefficient (Wildman–Crippen LogP) is 2.96. The molecule has 3 rings (SSSR count). The van der Waals surface area contributed by atoms with Crippen LogP contribution in [-0.2, 0) is 9.84 Å². The van der Waals surface area contributed by atoms with Gasteiger partial charge in [-0.3, -0.25) is 4.79 Å². The van der Waals surface area contributed by atoms with E-state index in [0.29, 0.717) is 28.7 Å². The van der Waals surface area contributed by atoms with Crippen LogP contribution in [0.5, 0.6) is 0 Å². The highest BCUT2D eigenvalue weighted by molar-refractivity contribution is 7.90. The molecule has 0 radical (unpaired) electrons. The molecule has 2 heterocycles. The van der Waals surface area contributed by atoms with E-state index < -0.39 is 9.84 Å².